The average Bonchev–Trinajstić information content (AvgIpc) is 3.60. The molecule has 0 atom stereocenters. The van der Waals surface area contributed by atoms with Crippen LogP contribution < -0.4 is 0 Å². The molecule has 4 aromatic heterocycles. The number of furan rings is 1. The van der Waals surface area contributed by atoms with Crippen LogP contribution in [0.1, 0.15) is 24.9 Å². The number of pyridine rings is 3. The summed E-state index contributed by atoms with van der Waals surface area (Å²) in [4.78, 5) is 13.2. The fourth-order valence-electron chi connectivity index (χ4n) is 6.27. The molecule has 9 rings (SSSR count). The van der Waals surface area contributed by atoms with Crippen molar-refractivity contribution in [1.82, 2.24) is 15.0 Å². The third-order valence-corrected chi connectivity index (χ3v) is 8.74. The first kappa shape index (κ1) is 27.0. The number of nitrogens with zero attached hydrogens (tertiary/aromatic N) is 3. The second-order valence-corrected chi connectivity index (χ2v) is 12.0. The van der Waals surface area contributed by atoms with Crippen LogP contribution in [0.5, 0.6) is 0 Å². The van der Waals surface area contributed by atoms with Crippen molar-refractivity contribution < 1.29 is 32.7 Å². The van der Waals surface area contributed by atoms with Gasteiger partial charge < -0.3 is 14.4 Å². The van der Waals surface area contributed by atoms with E-state index in [1.165, 1.54) is 24.4 Å². The number of fused-ring (bicyclic) bond motifs is 4. The van der Waals surface area contributed by atoms with Crippen molar-refractivity contribution in [2.75, 3.05) is 0 Å². The van der Waals surface area contributed by atoms with Gasteiger partial charge in [-0.05, 0) is 70.5 Å². The van der Waals surface area contributed by atoms with E-state index in [1.54, 1.807) is 12.1 Å². The fraction of sp³-hybridized carbons (Fsp3) is 0.0652. The molecule has 0 unspecified atom stereocenters. The predicted molar refractivity (Wildman–Crippen MR) is 205 cm³/mol. The van der Waals surface area contributed by atoms with Crippen LogP contribution in [0.2, 0.25) is 0 Å². The minimum Gasteiger partial charge on any atom is -0.500 e. The molecule has 5 aromatic carbocycles. The Hall–Kier alpha value is -5.74. The molecule has 9 aromatic rings. The van der Waals surface area contributed by atoms with E-state index in [4.69, 9.17) is 17.6 Å². The summed E-state index contributed by atoms with van der Waals surface area (Å²) in [6.45, 7) is -2.21. The van der Waals surface area contributed by atoms with E-state index in [0.717, 1.165) is 71.8 Å². The maximum Gasteiger partial charge on any atom is 0.129 e. The zero-order valence-corrected chi connectivity index (χ0v) is 29.8. The summed E-state index contributed by atoms with van der Waals surface area (Å²) in [7, 11) is 0. The Bertz CT molecular complexity index is 2780. The number of benzene rings is 5. The quantitative estimate of drug-likeness (QED) is 0.166. The predicted octanol–water partition coefficient (Wildman–Crippen LogP) is 11.8. The fourth-order valence-corrected chi connectivity index (χ4v) is 6.27. The molecule has 0 bridgehead atoms. The molecule has 51 heavy (non-hydrogen) atoms. The topological polar surface area (TPSA) is 51.8 Å². The van der Waals surface area contributed by atoms with E-state index in [0.29, 0.717) is 11.3 Å². The average molecular weight is 842 g/mol. The molecule has 1 radical (unpaired) electrons. The van der Waals surface area contributed by atoms with Gasteiger partial charge >= 0.3 is 0 Å². The Morgan fingerprint density at radius 1 is 0.647 bits per heavy atom. The maximum atomic E-state index is 7.28. The third kappa shape index (κ3) is 6.74. The summed E-state index contributed by atoms with van der Waals surface area (Å²) in [5.74, 6) is 0. The van der Waals surface area contributed by atoms with Crippen LogP contribution in [0.3, 0.4) is 0 Å². The Kier molecular flexibility index (Phi) is 7.75. The molecule has 0 aliphatic rings. The van der Waals surface area contributed by atoms with Gasteiger partial charge in [-0.25, -0.2) is 0 Å². The van der Waals surface area contributed by atoms with Gasteiger partial charge in [-0.15, -0.1) is 53.6 Å². The van der Waals surface area contributed by atoms with Gasteiger partial charge in [-0.3, -0.25) is 4.98 Å². The van der Waals surface area contributed by atoms with E-state index in [2.05, 4.69) is 83.6 Å². The van der Waals surface area contributed by atoms with Gasteiger partial charge in [0.2, 0.25) is 0 Å². The molecule has 0 aliphatic carbocycles. The Labute approximate surface area is 319 Å². The van der Waals surface area contributed by atoms with Crippen molar-refractivity contribution in [1.29, 1.82) is 0 Å². The van der Waals surface area contributed by atoms with Gasteiger partial charge in [0.1, 0.15) is 5.58 Å². The first-order valence-electron chi connectivity index (χ1n) is 19.2. The summed E-state index contributed by atoms with van der Waals surface area (Å²) in [6.07, 6.45) is 6.92. The monoisotopic (exact) mass is 842 g/mol. The second kappa shape index (κ2) is 14.6. The van der Waals surface area contributed by atoms with E-state index in [1.807, 2.05) is 55.0 Å². The molecule has 0 amide bonds. The molecule has 0 fully saturated rings. The Balaban J connectivity index is 0.000000202. The van der Waals surface area contributed by atoms with E-state index in [9.17, 15) is 0 Å². The molecule has 0 spiro atoms. The molecule has 0 saturated heterocycles. The summed E-state index contributed by atoms with van der Waals surface area (Å²) in [5.41, 5.74) is 10.6. The summed E-state index contributed by atoms with van der Waals surface area (Å²) >= 11 is 0. The van der Waals surface area contributed by atoms with Crippen LogP contribution in [-0.4, -0.2) is 15.0 Å². The van der Waals surface area contributed by atoms with Gasteiger partial charge in [0.15, 0.2) is 0 Å². The molecule has 0 N–H and O–H groups in total. The minimum absolute atomic E-state index is 0. The number of aryl methyl sites for hydroxylation is 3. The van der Waals surface area contributed by atoms with Crippen LogP contribution in [0.15, 0.2) is 151 Å². The van der Waals surface area contributed by atoms with E-state index in [-0.39, 0.29) is 31.2 Å². The van der Waals surface area contributed by atoms with Crippen molar-refractivity contribution in [2.24, 2.45) is 0 Å². The van der Waals surface area contributed by atoms with Gasteiger partial charge in [-0.2, -0.15) is 0 Å². The summed E-state index contributed by atoms with van der Waals surface area (Å²) < 4.78 is 50.4. The first-order chi connectivity index (χ1) is 27.0. The van der Waals surface area contributed by atoms with Gasteiger partial charge in [0.05, 0.1) is 5.58 Å². The van der Waals surface area contributed by atoms with Crippen molar-refractivity contribution in [3.8, 4) is 44.8 Å². The van der Waals surface area contributed by atoms with Crippen LogP contribution in [0, 0.1) is 32.8 Å². The number of hydrogen-bond donors (Lipinski definition) is 0. The standard InChI is InChI=1S/C33H21N2O.C13H12N.Ir/c1-21-13-14-27-26-11-6-12-28(30-19-24(16-18-35-30)22-7-3-2-4-8-22)32(26)36-33(27)31(21)25-10-5-9-23-15-17-34-20-29(23)25;1-10-3-6-12(7-4-10)13-8-5-11(2)9-14-13;/h2-11,13-20H,1H3;3-6,8-9H,1-2H3;/q2*-1;/i;1D3,2D3;. The van der Waals surface area contributed by atoms with Gasteiger partial charge in [0.25, 0.3) is 0 Å². The van der Waals surface area contributed by atoms with E-state index >= 15 is 0 Å². The van der Waals surface area contributed by atoms with Gasteiger partial charge in [-0.1, -0.05) is 96.7 Å². The van der Waals surface area contributed by atoms with Crippen LogP contribution in [0.4, 0.5) is 0 Å². The number of hydrogen-bond acceptors (Lipinski definition) is 4. The zero-order chi connectivity index (χ0) is 39.0. The van der Waals surface area contributed by atoms with E-state index < -0.39 is 13.7 Å². The largest absolute Gasteiger partial charge is 0.500 e. The maximum absolute atomic E-state index is 7.28. The molecule has 4 heterocycles. The van der Waals surface area contributed by atoms with Crippen molar-refractivity contribution in [2.45, 2.75) is 20.6 Å². The SMILES string of the molecule is Cc1ccc2c(oc3c(-c4cc(-c5ccccc5)ccn4)[c-]ccc32)c1-c1cccc2ccncc12.[2H]C([2H])([2H])c1c[c-]c(-c2ccc(C([2H])([2H])[2H])cn2)cc1.[Ir]. The second-order valence-electron chi connectivity index (χ2n) is 12.0. The summed E-state index contributed by atoms with van der Waals surface area (Å²) in [5, 5.41) is 4.41. The third-order valence-electron chi connectivity index (χ3n) is 8.74. The molecule has 0 saturated carbocycles. The van der Waals surface area contributed by atoms with Gasteiger partial charge in [0, 0.05) is 69.5 Å². The van der Waals surface area contributed by atoms with Crippen molar-refractivity contribution in [3.05, 3.63) is 175 Å². The molecule has 0 aliphatic heterocycles. The molecule has 249 valence electrons. The van der Waals surface area contributed by atoms with Crippen molar-refractivity contribution in [3.63, 3.8) is 0 Å². The minimum atomic E-state index is -2.18. The molecule has 5 heteroatoms. The molecular weight excluding hydrogens is 803 g/mol. The number of aromatic nitrogens is 3. The van der Waals surface area contributed by atoms with Crippen molar-refractivity contribution >= 4 is 32.7 Å². The molecule has 4 nitrogen and oxygen atoms in total. The Morgan fingerprint density at radius 3 is 2.31 bits per heavy atom. The number of rotatable bonds is 4. The zero-order valence-electron chi connectivity index (χ0n) is 33.4. The Morgan fingerprint density at radius 2 is 1.51 bits per heavy atom. The smallest absolute Gasteiger partial charge is 0.129 e. The normalized spacial score (nSPS) is 13.1. The van der Waals surface area contributed by atoms with Crippen LogP contribution >= 0.6 is 0 Å². The first-order valence-corrected chi connectivity index (χ1v) is 16.2. The molecular formula is C46H33IrN3O-2. The van der Waals surface area contributed by atoms with Crippen LogP contribution in [0.25, 0.3) is 77.5 Å². The summed E-state index contributed by atoms with van der Waals surface area (Å²) in [6, 6.07) is 45.1. The van der Waals surface area contributed by atoms with Crippen LogP contribution in [-0.2, 0) is 20.1 Å².